The Morgan fingerprint density at radius 2 is 1.92 bits per heavy atom. The quantitative estimate of drug-likeness (QED) is 0.902. The Bertz CT molecular complexity index is 764. The van der Waals surface area contributed by atoms with Gasteiger partial charge in [0.2, 0.25) is 11.8 Å². The van der Waals surface area contributed by atoms with Gasteiger partial charge in [-0.05, 0) is 29.8 Å². The van der Waals surface area contributed by atoms with E-state index in [0.717, 1.165) is 16.1 Å². The van der Waals surface area contributed by atoms with E-state index in [9.17, 15) is 9.59 Å². The van der Waals surface area contributed by atoms with Crippen LogP contribution < -0.4 is 5.32 Å². The zero-order valence-corrected chi connectivity index (χ0v) is 14.7. The van der Waals surface area contributed by atoms with Crippen molar-refractivity contribution in [1.29, 1.82) is 0 Å². The fraction of sp³-hybridized carbons (Fsp3) is 0.222. The standard InChI is InChI=1S/C18H17ClN2O2S/c1-21(11-12-6-8-13(19)9-7-12)17(22)10-16-18(23)20-14-4-2-3-5-15(14)24-16/h2-9,16H,10-11H2,1H3,(H,20,23)/t16-/m1/s1. The van der Waals surface area contributed by atoms with Gasteiger partial charge in [-0.25, -0.2) is 0 Å². The first kappa shape index (κ1) is 16.9. The molecule has 124 valence electrons. The van der Waals surface area contributed by atoms with Crippen molar-refractivity contribution in [3.05, 3.63) is 59.1 Å². The van der Waals surface area contributed by atoms with Crippen LogP contribution in [0, 0.1) is 0 Å². The van der Waals surface area contributed by atoms with Gasteiger partial charge in [0.1, 0.15) is 0 Å². The van der Waals surface area contributed by atoms with Gasteiger partial charge in [0.05, 0.1) is 10.9 Å². The Balaban J connectivity index is 1.62. The van der Waals surface area contributed by atoms with Gasteiger partial charge in [-0.1, -0.05) is 35.9 Å². The lowest BCUT2D eigenvalue weighted by atomic mass is 10.2. The number of nitrogens with one attached hydrogen (secondary N) is 1. The number of amides is 2. The predicted octanol–water partition coefficient (Wildman–Crippen LogP) is 3.80. The summed E-state index contributed by atoms with van der Waals surface area (Å²) in [7, 11) is 1.75. The molecule has 1 aliphatic rings. The molecule has 2 aromatic rings. The van der Waals surface area contributed by atoms with E-state index < -0.39 is 5.25 Å². The molecule has 0 saturated heterocycles. The summed E-state index contributed by atoms with van der Waals surface area (Å²) in [6.45, 7) is 0.492. The zero-order valence-electron chi connectivity index (χ0n) is 13.2. The summed E-state index contributed by atoms with van der Waals surface area (Å²) in [6.07, 6.45) is 0.176. The number of fused-ring (bicyclic) bond motifs is 1. The van der Waals surface area contributed by atoms with Crippen LogP contribution in [0.4, 0.5) is 5.69 Å². The first-order chi connectivity index (χ1) is 11.5. The van der Waals surface area contributed by atoms with Crippen molar-refractivity contribution in [1.82, 2.24) is 4.90 Å². The second-order valence-corrected chi connectivity index (χ2v) is 7.35. The van der Waals surface area contributed by atoms with Crippen LogP contribution in [0.2, 0.25) is 5.02 Å². The minimum absolute atomic E-state index is 0.0584. The van der Waals surface area contributed by atoms with Crippen molar-refractivity contribution >= 4 is 40.9 Å². The third kappa shape index (κ3) is 3.91. The van der Waals surface area contributed by atoms with Crippen molar-refractivity contribution < 1.29 is 9.59 Å². The number of anilines is 1. The maximum Gasteiger partial charge on any atom is 0.238 e. The van der Waals surface area contributed by atoms with Gasteiger partial charge in [0.25, 0.3) is 0 Å². The largest absolute Gasteiger partial charge is 0.341 e. The van der Waals surface area contributed by atoms with E-state index in [0.29, 0.717) is 11.6 Å². The lowest BCUT2D eigenvalue weighted by molar-refractivity contribution is -0.131. The minimum atomic E-state index is -0.403. The normalized spacial score (nSPS) is 16.2. The highest BCUT2D eigenvalue weighted by Gasteiger charge is 2.29. The molecule has 0 aromatic heterocycles. The Morgan fingerprint density at radius 3 is 2.67 bits per heavy atom. The molecule has 6 heteroatoms. The first-order valence-electron chi connectivity index (χ1n) is 7.58. The number of nitrogens with zero attached hydrogens (tertiary/aromatic N) is 1. The summed E-state index contributed by atoms with van der Waals surface area (Å²) in [4.78, 5) is 27.3. The van der Waals surface area contributed by atoms with Gasteiger partial charge >= 0.3 is 0 Å². The summed E-state index contributed by atoms with van der Waals surface area (Å²) in [5.41, 5.74) is 1.81. The van der Waals surface area contributed by atoms with Crippen LogP contribution in [0.25, 0.3) is 0 Å². The molecule has 2 aromatic carbocycles. The average Bonchev–Trinajstić information content (AvgIpc) is 2.57. The van der Waals surface area contributed by atoms with Crippen molar-refractivity contribution in [2.24, 2.45) is 0 Å². The molecule has 1 aliphatic heterocycles. The van der Waals surface area contributed by atoms with Crippen LogP contribution in [0.15, 0.2) is 53.4 Å². The molecule has 1 atom stereocenters. The Hall–Kier alpha value is -1.98. The molecule has 1 N–H and O–H groups in total. The summed E-state index contributed by atoms with van der Waals surface area (Å²) in [5.74, 6) is -0.177. The number of carbonyl (C=O) groups excluding carboxylic acids is 2. The van der Waals surface area contributed by atoms with E-state index in [1.165, 1.54) is 11.8 Å². The number of hydrogen-bond acceptors (Lipinski definition) is 3. The molecule has 0 radical (unpaired) electrons. The molecule has 0 unspecified atom stereocenters. The van der Waals surface area contributed by atoms with Gasteiger partial charge in [0.15, 0.2) is 0 Å². The number of para-hydroxylation sites is 1. The van der Waals surface area contributed by atoms with E-state index in [2.05, 4.69) is 5.32 Å². The smallest absolute Gasteiger partial charge is 0.238 e. The lowest BCUT2D eigenvalue weighted by Gasteiger charge is -2.25. The number of carbonyl (C=O) groups is 2. The van der Waals surface area contributed by atoms with Crippen LogP contribution in [-0.4, -0.2) is 29.0 Å². The molecule has 0 fully saturated rings. The summed E-state index contributed by atoms with van der Waals surface area (Å²) in [6, 6.07) is 15.0. The fourth-order valence-electron chi connectivity index (χ4n) is 2.49. The number of halogens is 1. The van der Waals surface area contributed by atoms with Crippen LogP contribution in [-0.2, 0) is 16.1 Å². The predicted molar refractivity (Wildman–Crippen MR) is 97.3 cm³/mol. The lowest BCUT2D eigenvalue weighted by Crippen LogP contribution is -2.35. The van der Waals surface area contributed by atoms with E-state index in [1.807, 2.05) is 36.4 Å². The maximum atomic E-state index is 12.4. The number of rotatable bonds is 4. The van der Waals surface area contributed by atoms with E-state index in [-0.39, 0.29) is 18.2 Å². The monoisotopic (exact) mass is 360 g/mol. The summed E-state index contributed by atoms with van der Waals surface area (Å²) >= 11 is 7.31. The molecule has 4 nitrogen and oxygen atoms in total. The molecule has 24 heavy (non-hydrogen) atoms. The molecule has 2 amide bonds. The molecule has 0 spiro atoms. The van der Waals surface area contributed by atoms with E-state index >= 15 is 0 Å². The number of benzene rings is 2. The highest BCUT2D eigenvalue weighted by atomic mass is 35.5. The zero-order chi connectivity index (χ0) is 17.1. The Kier molecular flexibility index (Phi) is 5.11. The third-order valence-electron chi connectivity index (χ3n) is 3.83. The highest BCUT2D eigenvalue weighted by molar-refractivity contribution is 8.01. The second-order valence-electron chi connectivity index (χ2n) is 5.67. The van der Waals surface area contributed by atoms with Gasteiger partial charge in [0, 0.05) is 29.9 Å². The molecule has 1 heterocycles. The number of thioether (sulfide) groups is 1. The molecule has 0 saturated carbocycles. The first-order valence-corrected chi connectivity index (χ1v) is 8.83. The topological polar surface area (TPSA) is 49.4 Å². The van der Waals surface area contributed by atoms with E-state index in [4.69, 9.17) is 11.6 Å². The molecular formula is C18H17ClN2O2S. The maximum absolute atomic E-state index is 12.4. The van der Waals surface area contributed by atoms with Crippen molar-refractivity contribution in [3.63, 3.8) is 0 Å². The molecule has 3 rings (SSSR count). The van der Waals surface area contributed by atoms with Crippen LogP contribution in [0.5, 0.6) is 0 Å². The van der Waals surface area contributed by atoms with Gasteiger partial charge in [-0.2, -0.15) is 0 Å². The van der Waals surface area contributed by atoms with Crippen LogP contribution >= 0.6 is 23.4 Å². The molecule has 0 bridgehead atoms. The van der Waals surface area contributed by atoms with Crippen molar-refractivity contribution in [2.45, 2.75) is 23.1 Å². The fourth-order valence-corrected chi connectivity index (χ4v) is 3.72. The Morgan fingerprint density at radius 1 is 1.21 bits per heavy atom. The molecular weight excluding hydrogens is 344 g/mol. The summed E-state index contributed by atoms with van der Waals surface area (Å²) < 4.78 is 0. The summed E-state index contributed by atoms with van der Waals surface area (Å²) in [5, 5.41) is 3.13. The van der Waals surface area contributed by atoms with Crippen LogP contribution in [0.1, 0.15) is 12.0 Å². The Labute approximate surface area is 150 Å². The van der Waals surface area contributed by atoms with Gasteiger partial charge in [-0.15, -0.1) is 11.8 Å². The third-order valence-corrected chi connectivity index (χ3v) is 5.35. The second kappa shape index (κ2) is 7.28. The average molecular weight is 361 g/mol. The minimum Gasteiger partial charge on any atom is -0.341 e. The molecule has 0 aliphatic carbocycles. The number of hydrogen-bond donors (Lipinski definition) is 1. The van der Waals surface area contributed by atoms with Gasteiger partial charge in [-0.3, -0.25) is 9.59 Å². The van der Waals surface area contributed by atoms with Crippen LogP contribution in [0.3, 0.4) is 0 Å². The van der Waals surface area contributed by atoms with E-state index in [1.54, 1.807) is 24.1 Å². The van der Waals surface area contributed by atoms with Crippen molar-refractivity contribution in [2.75, 3.05) is 12.4 Å². The van der Waals surface area contributed by atoms with Crippen molar-refractivity contribution in [3.8, 4) is 0 Å². The highest BCUT2D eigenvalue weighted by Crippen LogP contribution is 2.36. The van der Waals surface area contributed by atoms with Gasteiger partial charge < -0.3 is 10.2 Å². The SMILES string of the molecule is CN(Cc1ccc(Cl)cc1)C(=O)C[C@H]1Sc2ccccc2NC1=O.